The van der Waals surface area contributed by atoms with Crippen LogP contribution in [0, 0.1) is 5.41 Å². The van der Waals surface area contributed by atoms with Gasteiger partial charge in [-0.25, -0.2) is 17.2 Å². The summed E-state index contributed by atoms with van der Waals surface area (Å²) >= 11 is 0. The van der Waals surface area contributed by atoms with Gasteiger partial charge in [0, 0.05) is 0 Å². The van der Waals surface area contributed by atoms with Crippen LogP contribution in [0.1, 0.15) is 26.2 Å². The van der Waals surface area contributed by atoms with Crippen molar-refractivity contribution in [3.8, 4) is 0 Å². The molecule has 1 heterocycles. The third-order valence-corrected chi connectivity index (χ3v) is 4.82. The van der Waals surface area contributed by atoms with Crippen molar-refractivity contribution in [3.63, 3.8) is 0 Å². The number of alkyl halides is 2. The summed E-state index contributed by atoms with van der Waals surface area (Å²) in [6.45, 7) is 1.67. The first-order valence-corrected chi connectivity index (χ1v) is 7.19. The van der Waals surface area contributed by atoms with E-state index in [4.69, 9.17) is 0 Å². The lowest BCUT2D eigenvalue weighted by Crippen LogP contribution is -2.56. The van der Waals surface area contributed by atoms with Crippen molar-refractivity contribution in [1.29, 1.82) is 0 Å². The second-order valence-electron chi connectivity index (χ2n) is 4.37. The fourth-order valence-electron chi connectivity index (χ4n) is 2.28. The summed E-state index contributed by atoms with van der Waals surface area (Å²) in [4.78, 5) is 11.6. The molecular formula is C10H16F2O4S. The fraction of sp³-hybridized carbons (Fsp3) is 0.900. The average Bonchev–Trinajstić information content (AvgIpc) is 2.19. The van der Waals surface area contributed by atoms with E-state index in [2.05, 4.69) is 4.74 Å². The molecule has 4 nitrogen and oxygen atoms in total. The second-order valence-corrected chi connectivity index (χ2v) is 6.55. The molecule has 17 heavy (non-hydrogen) atoms. The Hall–Kier alpha value is -0.720. The van der Waals surface area contributed by atoms with E-state index in [1.54, 1.807) is 6.92 Å². The molecule has 0 aromatic carbocycles. The van der Waals surface area contributed by atoms with E-state index >= 15 is 0 Å². The summed E-state index contributed by atoms with van der Waals surface area (Å²) in [6, 6.07) is 0. The van der Waals surface area contributed by atoms with E-state index in [9.17, 15) is 22.0 Å². The van der Waals surface area contributed by atoms with Gasteiger partial charge in [-0.3, -0.25) is 4.79 Å². The number of carbonyl (C=O) groups excluding carboxylic acids is 1. The van der Waals surface area contributed by atoms with Gasteiger partial charge in [-0.05, 0) is 12.8 Å². The van der Waals surface area contributed by atoms with Crippen LogP contribution in [-0.2, 0) is 19.4 Å². The molecule has 0 spiro atoms. The highest BCUT2D eigenvalue weighted by atomic mass is 32.2. The maximum atomic E-state index is 14.0. The third-order valence-electron chi connectivity index (χ3n) is 3.19. The summed E-state index contributed by atoms with van der Waals surface area (Å²) in [5, 5.41) is 0. The Morgan fingerprint density at radius 2 is 2.00 bits per heavy atom. The van der Waals surface area contributed by atoms with Gasteiger partial charge in [-0.1, -0.05) is 13.3 Å². The minimum atomic E-state index is -3.78. The molecule has 0 N–H and O–H groups in total. The monoisotopic (exact) mass is 270 g/mol. The largest absolute Gasteiger partial charge is 0.468 e. The van der Waals surface area contributed by atoms with Crippen molar-refractivity contribution in [2.75, 3.05) is 18.6 Å². The minimum absolute atomic E-state index is 0.0673. The van der Waals surface area contributed by atoms with E-state index in [0.717, 1.165) is 7.11 Å². The molecule has 1 fully saturated rings. The van der Waals surface area contributed by atoms with Crippen molar-refractivity contribution < 1.29 is 26.7 Å². The van der Waals surface area contributed by atoms with E-state index in [1.165, 1.54) is 0 Å². The first-order valence-electron chi connectivity index (χ1n) is 5.37. The summed E-state index contributed by atoms with van der Waals surface area (Å²) < 4.78 is 54.8. The van der Waals surface area contributed by atoms with Gasteiger partial charge in [0.25, 0.3) is 5.92 Å². The van der Waals surface area contributed by atoms with Crippen LogP contribution < -0.4 is 0 Å². The van der Waals surface area contributed by atoms with Crippen molar-refractivity contribution >= 4 is 15.8 Å². The number of rotatable bonds is 3. The molecule has 0 bridgehead atoms. The van der Waals surface area contributed by atoms with Crippen molar-refractivity contribution in [1.82, 2.24) is 0 Å². The third kappa shape index (κ3) is 2.43. The number of halogens is 2. The Morgan fingerprint density at radius 1 is 1.41 bits per heavy atom. The SMILES string of the molecule is CCCC1(C(=O)OC)CCS(=O)(=O)CC1(F)F. The second kappa shape index (κ2) is 4.51. The van der Waals surface area contributed by atoms with Crippen LogP contribution in [0.25, 0.3) is 0 Å². The Labute approximate surface area is 99.2 Å². The lowest BCUT2D eigenvalue weighted by atomic mass is 9.75. The van der Waals surface area contributed by atoms with Gasteiger partial charge in [0.15, 0.2) is 9.84 Å². The molecule has 0 aliphatic carbocycles. The number of ether oxygens (including phenoxy) is 1. The van der Waals surface area contributed by atoms with Crippen molar-refractivity contribution in [2.24, 2.45) is 5.41 Å². The predicted octanol–water partition coefficient (Wildman–Crippen LogP) is 1.40. The molecule has 0 radical (unpaired) electrons. The molecule has 0 amide bonds. The van der Waals surface area contributed by atoms with Gasteiger partial charge < -0.3 is 4.74 Å². The van der Waals surface area contributed by atoms with Crippen LogP contribution in [-0.4, -0.2) is 38.9 Å². The van der Waals surface area contributed by atoms with Crippen molar-refractivity contribution in [2.45, 2.75) is 32.1 Å². The molecule has 1 unspecified atom stereocenters. The van der Waals surface area contributed by atoms with E-state index in [-0.39, 0.29) is 12.8 Å². The van der Waals surface area contributed by atoms with Crippen LogP contribution in [0.3, 0.4) is 0 Å². The van der Waals surface area contributed by atoms with Gasteiger partial charge >= 0.3 is 5.97 Å². The van der Waals surface area contributed by atoms with Crippen LogP contribution in [0.15, 0.2) is 0 Å². The van der Waals surface area contributed by atoms with Crippen LogP contribution >= 0.6 is 0 Å². The Kier molecular flexibility index (Phi) is 3.81. The first-order chi connectivity index (χ1) is 7.71. The van der Waals surface area contributed by atoms with Gasteiger partial charge in [0.1, 0.15) is 11.2 Å². The molecule has 1 atom stereocenters. The Morgan fingerprint density at radius 3 is 2.41 bits per heavy atom. The van der Waals surface area contributed by atoms with Gasteiger partial charge in [-0.15, -0.1) is 0 Å². The summed E-state index contributed by atoms with van der Waals surface area (Å²) in [5.41, 5.74) is -1.98. The van der Waals surface area contributed by atoms with Gasteiger partial charge in [0.05, 0.1) is 12.9 Å². The van der Waals surface area contributed by atoms with Crippen LogP contribution in [0.5, 0.6) is 0 Å². The molecule has 1 aliphatic heterocycles. The number of esters is 1. The zero-order valence-electron chi connectivity index (χ0n) is 9.83. The number of carbonyl (C=O) groups is 1. The normalized spacial score (nSPS) is 30.8. The number of hydrogen-bond acceptors (Lipinski definition) is 4. The molecule has 100 valence electrons. The summed E-state index contributed by atoms with van der Waals surface area (Å²) in [6.07, 6.45) is -0.0736. The lowest BCUT2D eigenvalue weighted by molar-refractivity contribution is -0.181. The van der Waals surface area contributed by atoms with E-state index < -0.39 is 38.6 Å². The van der Waals surface area contributed by atoms with Gasteiger partial charge in [0.2, 0.25) is 0 Å². The van der Waals surface area contributed by atoms with E-state index in [0.29, 0.717) is 6.42 Å². The highest BCUT2D eigenvalue weighted by molar-refractivity contribution is 7.91. The smallest absolute Gasteiger partial charge is 0.318 e. The zero-order chi connectivity index (χ0) is 13.3. The fourth-order valence-corrected chi connectivity index (χ4v) is 3.92. The predicted molar refractivity (Wildman–Crippen MR) is 57.6 cm³/mol. The topological polar surface area (TPSA) is 60.4 Å². The zero-order valence-corrected chi connectivity index (χ0v) is 10.6. The quantitative estimate of drug-likeness (QED) is 0.727. The highest BCUT2D eigenvalue weighted by Gasteiger charge is 2.63. The van der Waals surface area contributed by atoms with Crippen LogP contribution in [0.2, 0.25) is 0 Å². The maximum Gasteiger partial charge on any atom is 0.318 e. The summed E-state index contributed by atoms with van der Waals surface area (Å²) in [5.74, 6) is -6.24. The first kappa shape index (κ1) is 14.3. The molecule has 0 aromatic rings. The number of hydrogen-bond donors (Lipinski definition) is 0. The molecule has 1 aliphatic rings. The highest BCUT2D eigenvalue weighted by Crippen LogP contribution is 2.48. The maximum absolute atomic E-state index is 14.0. The molecule has 1 rings (SSSR count). The number of sulfone groups is 1. The Bertz CT molecular complexity index is 405. The number of methoxy groups -OCH3 is 1. The van der Waals surface area contributed by atoms with Gasteiger partial charge in [-0.2, -0.15) is 0 Å². The lowest BCUT2D eigenvalue weighted by Gasteiger charge is -2.40. The van der Waals surface area contributed by atoms with Crippen molar-refractivity contribution in [3.05, 3.63) is 0 Å². The molecule has 1 saturated heterocycles. The minimum Gasteiger partial charge on any atom is -0.468 e. The standard InChI is InChI=1S/C10H16F2O4S/c1-3-4-9(8(13)16-2)5-6-17(14,15)7-10(9,11)12/h3-7H2,1-2H3. The molecule has 0 aromatic heterocycles. The molecule has 7 heteroatoms. The van der Waals surface area contributed by atoms with E-state index in [1.807, 2.05) is 0 Å². The average molecular weight is 270 g/mol. The molecule has 0 saturated carbocycles. The van der Waals surface area contributed by atoms with Crippen LogP contribution in [0.4, 0.5) is 8.78 Å². The summed E-state index contributed by atoms with van der Waals surface area (Å²) in [7, 11) is -2.74. The molecular weight excluding hydrogens is 254 g/mol. The Balaban J connectivity index is 3.18.